The first-order valence-electron chi connectivity index (χ1n) is 6.12. The van der Waals surface area contributed by atoms with Gasteiger partial charge in [-0.25, -0.2) is 0 Å². The van der Waals surface area contributed by atoms with E-state index in [-0.39, 0.29) is 5.91 Å². The maximum absolute atomic E-state index is 11.4. The van der Waals surface area contributed by atoms with Crippen LogP contribution in [0.25, 0.3) is 11.1 Å². The molecule has 0 saturated heterocycles. The van der Waals surface area contributed by atoms with Crippen molar-refractivity contribution in [1.82, 2.24) is 0 Å². The molecule has 0 aromatic heterocycles. The molecular weight excluding hydrogens is 236 g/mol. The Morgan fingerprint density at radius 1 is 1.26 bits per heavy atom. The molecule has 1 aliphatic heterocycles. The summed E-state index contributed by atoms with van der Waals surface area (Å²) in [4.78, 5) is 11.4. The van der Waals surface area contributed by atoms with Crippen LogP contribution in [0.2, 0.25) is 0 Å². The highest BCUT2D eigenvalue weighted by atomic mass is 16.1. The Kier molecular flexibility index (Phi) is 2.57. The van der Waals surface area contributed by atoms with Crippen LogP contribution in [0.15, 0.2) is 36.4 Å². The molecule has 0 bridgehead atoms. The molecule has 0 fully saturated rings. The summed E-state index contributed by atoms with van der Waals surface area (Å²) in [5.41, 5.74) is 5.43. The topological polar surface area (TPSA) is 52.9 Å². The zero-order chi connectivity index (χ0) is 13.4. The molecule has 0 unspecified atom stereocenters. The van der Waals surface area contributed by atoms with Crippen molar-refractivity contribution in [1.29, 1.82) is 5.26 Å². The lowest BCUT2D eigenvalue weighted by Gasteiger charge is -2.08. The molecule has 3 heteroatoms. The molecule has 1 N–H and O–H groups in total. The molecule has 0 spiro atoms. The van der Waals surface area contributed by atoms with Crippen molar-refractivity contribution in [3.05, 3.63) is 53.1 Å². The zero-order valence-corrected chi connectivity index (χ0v) is 10.5. The molecule has 0 saturated carbocycles. The number of fused-ring (bicyclic) bond motifs is 1. The summed E-state index contributed by atoms with van der Waals surface area (Å²) >= 11 is 0. The Morgan fingerprint density at radius 2 is 2.11 bits per heavy atom. The van der Waals surface area contributed by atoms with E-state index in [0.29, 0.717) is 12.0 Å². The highest BCUT2D eigenvalue weighted by molar-refractivity contribution is 5.99. The SMILES string of the molecule is Cc1cccc(-c2ccc3c(c2)CC(=O)N3)c1C#N. The molecule has 3 rings (SSSR count). The van der Waals surface area contributed by atoms with Gasteiger partial charge in [0.2, 0.25) is 5.91 Å². The summed E-state index contributed by atoms with van der Waals surface area (Å²) in [6.45, 7) is 1.93. The lowest BCUT2D eigenvalue weighted by molar-refractivity contribution is -0.115. The maximum atomic E-state index is 11.4. The van der Waals surface area contributed by atoms with E-state index in [1.807, 2.05) is 43.3 Å². The fourth-order valence-electron chi connectivity index (χ4n) is 2.45. The van der Waals surface area contributed by atoms with Crippen LogP contribution in [0.1, 0.15) is 16.7 Å². The molecule has 19 heavy (non-hydrogen) atoms. The first-order valence-corrected chi connectivity index (χ1v) is 6.12. The van der Waals surface area contributed by atoms with Gasteiger partial charge in [-0.05, 0) is 41.3 Å². The lowest BCUT2D eigenvalue weighted by atomic mass is 9.95. The van der Waals surface area contributed by atoms with E-state index in [9.17, 15) is 10.1 Å². The summed E-state index contributed by atoms with van der Waals surface area (Å²) in [6, 6.07) is 13.9. The minimum atomic E-state index is 0.0249. The smallest absolute Gasteiger partial charge is 0.228 e. The van der Waals surface area contributed by atoms with E-state index in [1.54, 1.807) is 0 Å². The van der Waals surface area contributed by atoms with Gasteiger partial charge in [0.1, 0.15) is 6.07 Å². The van der Waals surface area contributed by atoms with Crippen molar-refractivity contribution in [2.75, 3.05) is 5.32 Å². The van der Waals surface area contributed by atoms with Crippen LogP contribution in [0.4, 0.5) is 5.69 Å². The van der Waals surface area contributed by atoms with Crippen LogP contribution in [-0.4, -0.2) is 5.91 Å². The molecule has 1 amide bonds. The van der Waals surface area contributed by atoms with Gasteiger partial charge in [-0.2, -0.15) is 5.26 Å². The molecule has 92 valence electrons. The van der Waals surface area contributed by atoms with Crippen molar-refractivity contribution in [2.45, 2.75) is 13.3 Å². The van der Waals surface area contributed by atoms with Gasteiger partial charge in [0.15, 0.2) is 0 Å². The Balaban J connectivity index is 2.15. The summed E-state index contributed by atoms with van der Waals surface area (Å²) < 4.78 is 0. The van der Waals surface area contributed by atoms with Gasteiger partial charge in [0.05, 0.1) is 12.0 Å². The molecule has 2 aromatic rings. The first kappa shape index (κ1) is 11.5. The number of carbonyl (C=O) groups excluding carboxylic acids is 1. The minimum absolute atomic E-state index is 0.0249. The summed E-state index contributed by atoms with van der Waals surface area (Å²) in [6.07, 6.45) is 0.414. The second-order valence-electron chi connectivity index (χ2n) is 4.71. The van der Waals surface area contributed by atoms with E-state index in [1.165, 1.54) is 0 Å². The molecule has 1 aliphatic rings. The van der Waals surface area contributed by atoms with E-state index >= 15 is 0 Å². The highest BCUT2D eigenvalue weighted by Crippen LogP contribution is 2.31. The third-order valence-electron chi connectivity index (χ3n) is 3.43. The fourth-order valence-corrected chi connectivity index (χ4v) is 2.45. The van der Waals surface area contributed by atoms with Crippen LogP contribution in [0.5, 0.6) is 0 Å². The normalized spacial score (nSPS) is 12.7. The van der Waals surface area contributed by atoms with Gasteiger partial charge in [0.25, 0.3) is 0 Å². The molecule has 2 aromatic carbocycles. The monoisotopic (exact) mass is 248 g/mol. The number of nitrogens with zero attached hydrogens (tertiary/aromatic N) is 1. The van der Waals surface area contributed by atoms with Gasteiger partial charge in [-0.1, -0.05) is 24.3 Å². The molecule has 3 nitrogen and oxygen atoms in total. The van der Waals surface area contributed by atoms with Crippen LogP contribution in [0.3, 0.4) is 0 Å². The van der Waals surface area contributed by atoms with Crippen molar-refractivity contribution in [2.24, 2.45) is 0 Å². The number of nitriles is 1. The molecular formula is C16H12N2O. The third-order valence-corrected chi connectivity index (χ3v) is 3.43. The average Bonchev–Trinajstić information content (AvgIpc) is 2.77. The van der Waals surface area contributed by atoms with E-state index < -0.39 is 0 Å². The molecule has 1 heterocycles. The van der Waals surface area contributed by atoms with E-state index in [2.05, 4.69) is 11.4 Å². The largest absolute Gasteiger partial charge is 0.326 e. The number of hydrogen-bond donors (Lipinski definition) is 1. The quantitative estimate of drug-likeness (QED) is 0.843. The minimum Gasteiger partial charge on any atom is -0.326 e. The van der Waals surface area contributed by atoms with Gasteiger partial charge in [0, 0.05) is 5.69 Å². The molecule has 0 radical (unpaired) electrons. The maximum Gasteiger partial charge on any atom is 0.228 e. The number of anilines is 1. The number of aryl methyl sites for hydroxylation is 1. The van der Waals surface area contributed by atoms with Crippen molar-refractivity contribution < 1.29 is 4.79 Å². The second kappa shape index (κ2) is 4.25. The number of benzene rings is 2. The van der Waals surface area contributed by atoms with Gasteiger partial charge in [-0.15, -0.1) is 0 Å². The van der Waals surface area contributed by atoms with Gasteiger partial charge in [-0.3, -0.25) is 4.79 Å². The predicted molar refractivity (Wildman–Crippen MR) is 73.7 cm³/mol. The standard InChI is InChI=1S/C16H12N2O/c1-10-3-2-4-13(14(10)9-17)11-5-6-15-12(7-11)8-16(19)18-15/h2-7H,8H2,1H3,(H,18,19). The third kappa shape index (κ3) is 1.88. The number of rotatable bonds is 1. The Morgan fingerprint density at radius 3 is 2.89 bits per heavy atom. The highest BCUT2D eigenvalue weighted by Gasteiger charge is 2.18. The summed E-state index contributed by atoms with van der Waals surface area (Å²) in [5.74, 6) is 0.0249. The number of amides is 1. The van der Waals surface area contributed by atoms with Crippen molar-refractivity contribution in [3.63, 3.8) is 0 Å². The Labute approximate surface area is 111 Å². The first-order chi connectivity index (χ1) is 9.19. The van der Waals surface area contributed by atoms with Gasteiger partial charge < -0.3 is 5.32 Å². The predicted octanol–water partition coefficient (Wildman–Crippen LogP) is 3.03. The van der Waals surface area contributed by atoms with E-state index in [0.717, 1.165) is 27.9 Å². The van der Waals surface area contributed by atoms with Crippen LogP contribution in [0, 0.1) is 18.3 Å². The van der Waals surface area contributed by atoms with Crippen LogP contribution < -0.4 is 5.32 Å². The van der Waals surface area contributed by atoms with Crippen LogP contribution >= 0.6 is 0 Å². The fraction of sp³-hybridized carbons (Fsp3) is 0.125. The van der Waals surface area contributed by atoms with E-state index in [4.69, 9.17) is 0 Å². The lowest BCUT2D eigenvalue weighted by Crippen LogP contribution is -2.03. The number of hydrogen-bond acceptors (Lipinski definition) is 2. The molecule has 0 aliphatic carbocycles. The Bertz CT molecular complexity index is 726. The summed E-state index contributed by atoms with van der Waals surface area (Å²) in [5, 5.41) is 12.1. The van der Waals surface area contributed by atoms with Crippen LogP contribution in [-0.2, 0) is 11.2 Å². The number of carbonyl (C=O) groups is 1. The number of nitrogens with one attached hydrogen (secondary N) is 1. The summed E-state index contributed by atoms with van der Waals surface area (Å²) in [7, 11) is 0. The second-order valence-corrected chi connectivity index (χ2v) is 4.71. The Hall–Kier alpha value is -2.60. The molecule has 0 atom stereocenters. The zero-order valence-electron chi connectivity index (χ0n) is 10.5. The average molecular weight is 248 g/mol. The van der Waals surface area contributed by atoms with Gasteiger partial charge >= 0.3 is 0 Å². The van der Waals surface area contributed by atoms with Crippen molar-refractivity contribution >= 4 is 11.6 Å². The van der Waals surface area contributed by atoms with Crippen molar-refractivity contribution in [3.8, 4) is 17.2 Å².